The lowest BCUT2D eigenvalue weighted by Crippen LogP contribution is -2.28. The van der Waals surface area contributed by atoms with Gasteiger partial charge in [0, 0.05) is 30.4 Å². The fourth-order valence-corrected chi connectivity index (χ4v) is 4.60. The summed E-state index contributed by atoms with van der Waals surface area (Å²) >= 11 is 0. The number of rotatable bonds is 6. The van der Waals surface area contributed by atoms with Crippen molar-refractivity contribution in [2.45, 2.75) is 53.4 Å². The van der Waals surface area contributed by atoms with Crippen LogP contribution in [0.2, 0.25) is 0 Å². The molecule has 0 spiro atoms. The molecule has 4 rings (SSSR count). The quantitative estimate of drug-likeness (QED) is 0.614. The zero-order valence-corrected chi connectivity index (χ0v) is 19.4. The van der Waals surface area contributed by atoms with Crippen LogP contribution in [-0.2, 0) is 31.1 Å². The summed E-state index contributed by atoms with van der Waals surface area (Å²) in [5.41, 5.74) is 7.79. The van der Waals surface area contributed by atoms with Crippen LogP contribution in [0, 0.1) is 19.3 Å². The summed E-state index contributed by atoms with van der Waals surface area (Å²) in [5, 5.41) is 20.5. The highest BCUT2D eigenvalue weighted by atomic mass is 16.5. The van der Waals surface area contributed by atoms with E-state index in [1.54, 1.807) is 0 Å². The third-order valence-electron chi connectivity index (χ3n) is 6.40. The first-order valence-corrected chi connectivity index (χ1v) is 11.1. The maximum Gasteiger partial charge on any atom is 0.279 e. The molecule has 32 heavy (non-hydrogen) atoms. The topological polar surface area (TPSA) is 106 Å². The average molecular weight is 438 g/mol. The van der Waals surface area contributed by atoms with E-state index >= 15 is 0 Å². The van der Waals surface area contributed by atoms with Crippen LogP contribution in [0.1, 0.15) is 48.2 Å². The number of aliphatic hydroxyl groups excluding tert-OH is 1. The smallest absolute Gasteiger partial charge is 0.279 e. The molecule has 0 fully saturated rings. The molecule has 1 aromatic carbocycles. The van der Waals surface area contributed by atoms with E-state index < -0.39 is 6.61 Å². The zero-order valence-electron chi connectivity index (χ0n) is 19.4. The van der Waals surface area contributed by atoms with Crippen LogP contribution >= 0.6 is 0 Å². The van der Waals surface area contributed by atoms with E-state index in [0.717, 1.165) is 47.2 Å². The van der Waals surface area contributed by atoms with Gasteiger partial charge in [-0.25, -0.2) is 0 Å². The van der Waals surface area contributed by atoms with E-state index in [4.69, 9.17) is 14.7 Å². The lowest BCUT2D eigenvalue weighted by atomic mass is 9.76. The Bertz CT molecular complexity index is 1140. The average Bonchev–Trinajstić information content (AvgIpc) is 3.34. The molecule has 0 saturated heterocycles. The number of nitrogens with zero attached hydrogens (tertiary/aromatic N) is 4. The highest BCUT2D eigenvalue weighted by Gasteiger charge is 2.32. The maximum absolute atomic E-state index is 11.3. The van der Waals surface area contributed by atoms with Gasteiger partial charge < -0.3 is 14.9 Å². The van der Waals surface area contributed by atoms with Crippen LogP contribution in [0.3, 0.4) is 0 Å². The van der Waals surface area contributed by atoms with Gasteiger partial charge in [0.05, 0.1) is 0 Å². The van der Waals surface area contributed by atoms with Crippen molar-refractivity contribution in [2.75, 3.05) is 13.2 Å². The molecule has 1 aliphatic carbocycles. The Labute approximate surface area is 188 Å². The Morgan fingerprint density at radius 1 is 1.28 bits per heavy atom. The molecule has 1 aliphatic rings. The second-order valence-electron chi connectivity index (χ2n) is 9.51. The number of carbonyl (C=O) groups is 1. The minimum absolute atomic E-state index is 0.274. The van der Waals surface area contributed by atoms with E-state index in [0.29, 0.717) is 24.7 Å². The second-order valence-corrected chi connectivity index (χ2v) is 9.51. The summed E-state index contributed by atoms with van der Waals surface area (Å²) in [6.45, 7) is 8.66. The third-order valence-corrected chi connectivity index (χ3v) is 6.40. The van der Waals surface area contributed by atoms with Crippen LogP contribution < -0.4 is 5.32 Å². The molecular formula is C24H31N5O3. The van der Waals surface area contributed by atoms with Crippen LogP contribution in [0.5, 0.6) is 0 Å². The van der Waals surface area contributed by atoms with Gasteiger partial charge in [-0.2, -0.15) is 10.1 Å². The van der Waals surface area contributed by atoms with Gasteiger partial charge in [0.1, 0.15) is 6.61 Å². The molecule has 8 nitrogen and oxygen atoms in total. The largest absolute Gasteiger partial charge is 0.387 e. The molecule has 2 heterocycles. The Balaban J connectivity index is 1.58. The minimum atomic E-state index is -0.492. The number of nitrogens with one attached hydrogen (secondary N) is 1. The molecule has 0 atom stereocenters. The second kappa shape index (κ2) is 8.50. The lowest BCUT2D eigenvalue weighted by Gasteiger charge is -2.29. The Hall–Kier alpha value is -3.00. The highest BCUT2D eigenvalue weighted by molar-refractivity contribution is 5.76. The number of hydrogen-bond donors (Lipinski definition) is 2. The van der Waals surface area contributed by atoms with E-state index in [1.165, 1.54) is 11.3 Å². The number of aryl methyl sites for hydroxylation is 3. The van der Waals surface area contributed by atoms with Gasteiger partial charge in [-0.1, -0.05) is 19.0 Å². The van der Waals surface area contributed by atoms with Gasteiger partial charge in [-0.05, 0) is 73.8 Å². The molecule has 1 amide bonds. The van der Waals surface area contributed by atoms with E-state index in [9.17, 15) is 4.79 Å². The summed E-state index contributed by atoms with van der Waals surface area (Å²) in [6.07, 6.45) is 3.75. The van der Waals surface area contributed by atoms with E-state index in [1.807, 2.05) is 37.7 Å². The molecule has 0 radical (unpaired) electrons. The SMILES string of the molecule is Cc1cc(-c2noc(-c3nn(C)c4c3CCC(C)(C)C4)n2)cc(C)c1CCNC(=O)CO. The van der Waals surface area contributed by atoms with E-state index in [2.05, 4.69) is 29.3 Å². The van der Waals surface area contributed by atoms with Crippen LogP contribution in [0.25, 0.3) is 23.0 Å². The first-order chi connectivity index (χ1) is 15.2. The number of fused-ring (bicyclic) bond motifs is 1. The van der Waals surface area contributed by atoms with Gasteiger partial charge in [0.15, 0.2) is 5.69 Å². The van der Waals surface area contributed by atoms with Gasteiger partial charge in [0.2, 0.25) is 11.7 Å². The number of aromatic nitrogens is 4. The molecule has 8 heteroatoms. The predicted octanol–water partition coefficient (Wildman–Crippen LogP) is 2.92. The third kappa shape index (κ3) is 4.32. The summed E-state index contributed by atoms with van der Waals surface area (Å²) < 4.78 is 7.59. The van der Waals surface area contributed by atoms with Gasteiger partial charge in [-0.15, -0.1) is 0 Å². The highest BCUT2D eigenvalue weighted by Crippen LogP contribution is 2.38. The fraction of sp³-hybridized carbons (Fsp3) is 0.500. The van der Waals surface area contributed by atoms with Crippen molar-refractivity contribution >= 4 is 5.91 Å². The van der Waals surface area contributed by atoms with Crippen molar-refractivity contribution in [1.29, 1.82) is 0 Å². The summed E-state index contributed by atoms with van der Waals surface area (Å²) in [7, 11) is 1.98. The standard InChI is InChI=1S/C24H31N5O3/c1-14-10-16(11-15(2)17(14)7-9-25-20(31)13-30)22-26-23(32-28-22)21-18-6-8-24(3,4)12-19(18)29(5)27-21/h10-11,30H,6-9,12-13H2,1-5H3,(H,25,31). The molecule has 2 aromatic heterocycles. The first kappa shape index (κ1) is 22.2. The number of carbonyl (C=O) groups excluding carboxylic acids is 1. The molecule has 0 bridgehead atoms. The number of benzene rings is 1. The van der Waals surface area contributed by atoms with Crippen LogP contribution in [-0.4, -0.2) is 44.1 Å². The Morgan fingerprint density at radius 3 is 2.69 bits per heavy atom. The molecule has 3 aromatic rings. The Morgan fingerprint density at radius 2 is 2.00 bits per heavy atom. The van der Waals surface area contributed by atoms with Gasteiger partial charge in [0.25, 0.3) is 5.89 Å². The Kier molecular flexibility index (Phi) is 5.90. The molecule has 0 aliphatic heterocycles. The van der Waals surface area contributed by atoms with Gasteiger partial charge in [-0.3, -0.25) is 9.48 Å². The molecule has 0 unspecified atom stereocenters. The number of hydrogen-bond acceptors (Lipinski definition) is 6. The van der Waals surface area contributed by atoms with E-state index in [-0.39, 0.29) is 11.3 Å². The molecule has 2 N–H and O–H groups in total. The monoisotopic (exact) mass is 437 g/mol. The van der Waals surface area contributed by atoms with Crippen molar-refractivity contribution in [3.63, 3.8) is 0 Å². The maximum atomic E-state index is 11.3. The minimum Gasteiger partial charge on any atom is -0.387 e. The van der Waals surface area contributed by atoms with Crippen molar-refractivity contribution < 1.29 is 14.4 Å². The van der Waals surface area contributed by atoms with Crippen molar-refractivity contribution in [3.05, 3.63) is 40.1 Å². The van der Waals surface area contributed by atoms with Gasteiger partial charge >= 0.3 is 0 Å². The van der Waals surface area contributed by atoms with Crippen LogP contribution in [0.4, 0.5) is 0 Å². The molecular weight excluding hydrogens is 406 g/mol. The lowest BCUT2D eigenvalue weighted by molar-refractivity contribution is -0.123. The molecule has 0 saturated carbocycles. The predicted molar refractivity (Wildman–Crippen MR) is 121 cm³/mol. The fourth-order valence-electron chi connectivity index (χ4n) is 4.60. The molecule has 170 valence electrons. The summed E-state index contributed by atoms with van der Waals surface area (Å²) in [6, 6.07) is 4.09. The van der Waals surface area contributed by atoms with Crippen molar-refractivity contribution in [3.8, 4) is 23.0 Å². The summed E-state index contributed by atoms with van der Waals surface area (Å²) in [4.78, 5) is 15.9. The van der Waals surface area contributed by atoms with Crippen LogP contribution in [0.15, 0.2) is 16.7 Å². The first-order valence-electron chi connectivity index (χ1n) is 11.1. The van der Waals surface area contributed by atoms with Crippen molar-refractivity contribution in [2.24, 2.45) is 12.5 Å². The van der Waals surface area contributed by atoms with Crippen molar-refractivity contribution in [1.82, 2.24) is 25.2 Å². The summed E-state index contributed by atoms with van der Waals surface area (Å²) in [5.74, 6) is 0.640. The normalized spacial score (nSPS) is 14.9. The number of aliphatic hydroxyl groups is 1. The zero-order chi connectivity index (χ0) is 23.0. The number of amides is 1.